The van der Waals surface area contributed by atoms with E-state index in [-0.39, 0.29) is 0 Å². The fraction of sp³-hybridized carbons (Fsp3) is 0.500. The molecule has 0 aliphatic carbocycles. The molecule has 21 heavy (non-hydrogen) atoms. The van der Waals surface area contributed by atoms with E-state index in [2.05, 4.69) is 67.1 Å². The molecule has 1 heterocycles. The lowest BCUT2D eigenvalue weighted by Crippen LogP contribution is -2.12. The second kappa shape index (κ2) is 7.65. The Balaban J connectivity index is 1.98. The van der Waals surface area contributed by atoms with Crippen LogP contribution < -0.4 is 0 Å². The van der Waals surface area contributed by atoms with Crippen LogP contribution in [0.2, 0.25) is 0 Å². The van der Waals surface area contributed by atoms with E-state index < -0.39 is 0 Å². The van der Waals surface area contributed by atoms with Crippen LogP contribution in [0.25, 0.3) is 0 Å². The minimum atomic E-state index is 0.439. The summed E-state index contributed by atoms with van der Waals surface area (Å²) in [6.45, 7) is 6.50. The normalized spacial score (nSPS) is 14.1. The van der Waals surface area contributed by atoms with Gasteiger partial charge in [0.2, 0.25) is 0 Å². The summed E-state index contributed by atoms with van der Waals surface area (Å²) in [5.41, 5.74) is 3.80. The molecule has 2 aromatic rings. The molecule has 114 valence electrons. The Kier molecular flexibility index (Phi) is 5.86. The van der Waals surface area contributed by atoms with Crippen molar-refractivity contribution in [3.63, 3.8) is 0 Å². The lowest BCUT2D eigenvalue weighted by Gasteiger charge is -2.13. The highest BCUT2D eigenvalue weighted by molar-refractivity contribution is 6.18. The lowest BCUT2D eigenvalue weighted by atomic mass is 9.96. The van der Waals surface area contributed by atoms with Gasteiger partial charge < -0.3 is 0 Å². The van der Waals surface area contributed by atoms with E-state index in [1.54, 1.807) is 0 Å². The zero-order chi connectivity index (χ0) is 15.2. The van der Waals surface area contributed by atoms with Gasteiger partial charge in [-0.15, -0.1) is 11.6 Å². The topological polar surface area (TPSA) is 17.8 Å². The molecule has 0 amide bonds. The van der Waals surface area contributed by atoms with Crippen molar-refractivity contribution in [3.8, 4) is 0 Å². The molecule has 2 unspecified atom stereocenters. The van der Waals surface area contributed by atoms with Crippen molar-refractivity contribution >= 4 is 11.6 Å². The van der Waals surface area contributed by atoms with Crippen molar-refractivity contribution in [2.24, 2.45) is 5.92 Å². The van der Waals surface area contributed by atoms with Gasteiger partial charge in [-0.25, -0.2) is 0 Å². The third-order valence-corrected chi connectivity index (χ3v) is 4.50. The number of hydrogen-bond acceptors (Lipinski definition) is 1. The number of aromatic nitrogens is 2. The van der Waals surface area contributed by atoms with Crippen LogP contribution in [0.15, 0.2) is 36.5 Å². The van der Waals surface area contributed by atoms with Gasteiger partial charge in [-0.05, 0) is 50.7 Å². The average Bonchev–Trinajstić information content (AvgIpc) is 2.96. The summed E-state index contributed by atoms with van der Waals surface area (Å²) in [7, 11) is 0. The molecule has 0 radical (unpaired) electrons. The fourth-order valence-electron chi connectivity index (χ4n) is 2.45. The standard InChI is InChI=1S/C18H25ClN2/c1-4-15(3)21-10-9-18(20-21)12-17(13-19)11-16-7-5-14(2)6-8-16/h5-10,15,17H,4,11-13H2,1-3H3. The number of halogens is 1. The maximum Gasteiger partial charge on any atom is 0.0628 e. The minimum absolute atomic E-state index is 0.439. The summed E-state index contributed by atoms with van der Waals surface area (Å²) in [5.74, 6) is 1.11. The zero-order valence-corrected chi connectivity index (χ0v) is 14.0. The van der Waals surface area contributed by atoms with Crippen LogP contribution in [0.4, 0.5) is 0 Å². The second-order valence-electron chi connectivity index (χ2n) is 5.96. The molecular formula is C18H25ClN2. The van der Waals surface area contributed by atoms with Crippen molar-refractivity contribution in [2.45, 2.75) is 46.1 Å². The Bertz CT molecular complexity index is 545. The first kappa shape index (κ1) is 16.1. The Hall–Kier alpha value is -1.28. The van der Waals surface area contributed by atoms with Gasteiger partial charge in [0.15, 0.2) is 0 Å². The molecule has 0 spiro atoms. The lowest BCUT2D eigenvalue weighted by molar-refractivity contribution is 0.468. The summed E-state index contributed by atoms with van der Waals surface area (Å²) in [6.07, 6.45) is 5.14. The van der Waals surface area contributed by atoms with Crippen LogP contribution >= 0.6 is 11.6 Å². The maximum atomic E-state index is 6.16. The Morgan fingerprint density at radius 1 is 1.14 bits per heavy atom. The summed E-state index contributed by atoms with van der Waals surface area (Å²) < 4.78 is 2.06. The van der Waals surface area contributed by atoms with E-state index in [1.807, 2.05) is 0 Å². The van der Waals surface area contributed by atoms with E-state index in [9.17, 15) is 0 Å². The molecule has 0 N–H and O–H groups in total. The molecule has 1 aromatic heterocycles. The van der Waals surface area contributed by atoms with Crippen molar-refractivity contribution in [1.82, 2.24) is 9.78 Å². The fourth-order valence-corrected chi connectivity index (χ4v) is 2.67. The van der Waals surface area contributed by atoms with Gasteiger partial charge >= 0.3 is 0 Å². The highest BCUT2D eigenvalue weighted by Crippen LogP contribution is 2.17. The maximum absolute atomic E-state index is 6.16. The molecule has 2 nitrogen and oxygen atoms in total. The Morgan fingerprint density at radius 3 is 2.48 bits per heavy atom. The first-order chi connectivity index (χ1) is 10.1. The van der Waals surface area contributed by atoms with E-state index in [0.717, 1.165) is 25.0 Å². The molecule has 2 rings (SSSR count). The molecular weight excluding hydrogens is 280 g/mol. The predicted molar refractivity (Wildman–Crippen MR) is 90.0 cm³/mol. The molecule has 0 bridgehead atoms. The van der Waals surface area contributed by atoms with Crippen molar-refractivity contribution in [2.75, 3.05) is 5.88 Å². The van der Waals surface area contributed by atoms with Gasteiger partial charge in [-0.2, -0.15) is 5.10 Å². The molecule has 0 saturated carbocycles. The van der Waals surface area contributed by atoms with Gasteiger partial charge in [0.1, 0.15) is 0 Å². The second-order valence-corrected chi connectivity index (χ2v) is 6.27. The average molecular weight is 305 g/mol. The smallest absolute Gasteiger partial charge is 0.0628 e. The van der Waals surface area contributed by atoms with Crippen molar-refractivity contribution in [1.29, 1.82) is 0 Å². The first-order valence-electron chi connectivity index (χ1n) is 7.78. The summed E-state index contributed by atoms with van der Waals surface area (Å²) in [4.78, 5) is 0. The van der Waals surface area contributed by atoms with Gasteiger partial charge in [0.25, 0.3) is 0 Å². The number of aryl methyl sites for hydroxylation is 1. The van der Waals surface area contributed by atoms with Crippen LogP contribution in [0, 0.1) is 12.8 Å². The summed E-state index contributed by atoms with van der Waals surface area (Å²) >= 11 is 6.16. The highest BCUT2D eigenvalue weighted by Gasteiger charge is 2.12. The molecule has 0 saturated heterocycles. The highest BCUT2D eigenvalue weighted by atomic mass is 35.5. The van der Waals surface area contributed by atoms with E-state index >= 15 is 0 Å². The molecule has 0 fully saturated rings. The third kappa shape index (κ3) is 4.60. The summed E-state index contributed by atoms with van der Waals surface area (Å²) in [6, 6.07) is 11.3. The molecule has 0 aliphatic heterocycles. The minimum Gasteiger partial charge on any atom is -0.270 e. The number of benzene rings is 1. The molecule has 3 heteroatoms. The monoisotopic (exact) mass is 304 g/mol. The quantitative estimate of drug-likeness (QED) is 0.672. The molecule has 0 aliphatic rings. The van der Waals surface area contributed by atoms with Gasteiger partial charge in [0.05, 0.1) is 5.69 Å². The number of rotatable bonds is 7. The van der Waals surface area contributed by atoms with Crippen LogP contribution in [-0.2, 0) is 12.8 Å². The first-order valence-corrected chi connectivity index (χ1v) is 8.31. The van der Waals surface area contributed by atoms with Gasteiger partial charge in [-0.3, -0.25) is 4.68 Å². The van der Waals surface area contributed by atoms with E-state index in [0.29, 0.717) is 17.8 Å². The molecule has 1 aromatic carbocycles. The van der Waals surface area contributed by atoms with Crippen LogP contribution in [0.3, 0.4) is 0 Å². The zero-order valence-electron chi connectivity index (χ0n) is 13.2. The van der Waals surface area contributed by atoms with E-state index in [4.69, 9.17) is 11.6 Å². The van der Waals surface area contributed by atoms with Gasteiger partial charge in [0, 0.05) is 18.1 Å². The van der Waals surface area contributed by atoms with Crippen molar-refractivity contribution < 1.29 is 0 Å². The Labute approximate surface area is 133 Å². The third-order valence-electron chi connectivity index (χ3n) is 4.07. The number of alkyl halides is 1. The predicted octanol–water partition coefficient (Wildman–Crippen LogP) is 4.80. The van der Waals surface area contributed by atoms with Crippen LogP contribution in [-0.4, -0.2) is 15.7 Å². The van der Waals surface area contributed by atoms with Crippen molar-refractivity contribution in [3.05, 3.63) is 53.3 Å². The van der Waals surface area contributed by atoms with Crippen LogP contribution in [0.5, 0.6) is 0 Å². The summed E-state index contributed by atoms with van der Waals surface area (Å²) in [5, 5.41) is 4.68. The number of nitrogens with zero attached hydrogens (tertiary/aromatic N) is 2. The molecule has 2 atom stereocenters. The largest absolute Gasteiger partial charge is 0.270 e. The SMILES string of the molecule is CCC(C)n1ccc(CC(CCl)Cc2ccc(C)cc2)n1. The Morgan fingerprint density at radius 2 is 1.86 bits per heavy atom. The van der Waals surface area contributed by atoms with E-state index in [1.165, 1.54) is 11.1 Å². The van der Waals surface area contributed by atoms with Gasteiger partial charge in [-0.1, -0.05) is 36.8 Å². The number of hydrogen-bond donors (Lipinski definition) is 0. The van der Waals surface area contributed by atoms with Crippen LogP contribution in [0.1, 0.15) is 43.1 Å².